The maximum absolute atomic E-state index is 6.88. The van der Waals surface area contributed by atoms with Crippen molar-refractivity contribution < 1.29 is 14.2 Å². The molecule has 3 spiro atoms. The normalized spacial score (nSPS) is 26.8. The Balaban J connectivity index is 1.54. The molecule has 2 aromatic carbocycles. The fourth-order valence-corrected chi connectivity index (χ4v) is 6.74. The van der Waals surface area contributed by atoms with Crippen LogP contribution in [0, 0.1) is 5.41 Å². The van der Waals surface area contributed by atoms with Gasteiger partial charge in [0, 0.05) is 11.0 Å². The summed E-state index contributed by atoms with van der Waals surface area (Å²) >= 11 is 0. The zero-order valence-electron chi connectivity index (χ0n) is 18.2. The van der Waals surface area contributed by atoms with Gasteiger partial charge in [0.15, 0.2) is 0 Å². The van der Waals surface area contributed by atoms with Crippen LogP contribution in [0.25, 0.3) is 11.1 Å². The molecule has 5 heteroatoms. The van der Waals surface area contributed by atoms with E-state index in [4.69, 9.17) is 24.9 Å². The van der Waals surface area contributed by atoms with Crippen LogP contribution >= 0.6 is 0 Å². The van der Waals surface area contributed by atoms with E-state index >= 15 is 0 Å². The van der Waals surface area contributed by atoms with Crippen molar-refractivity contribution in [2.24, 2.45) is 16.1 Å². The van der Waals surface area contributed by atoms with Crippen LogP contribution < -0.4 is 15.2 Å². The summed E-state index contributed by atoms with van der Waals surface area (Å²) in [5.41, 5.74) is 8.93. The van der Waals surface area contributed by atoms with Crippen LogP contribution in [0.3, 0.4) is 0 Å². The molecule has 31 heavy (non-hydrogen) atoms. The molecule has 2 saturated carbocycles. The molecule has 5 nitrogen and oxygen atoms in total. The quantitative estimate of drug-likeness (QED) is 0.747. The zero-order chi connectivity index (χ0) is 21.1. The average Bonchev–Trinajstić information content (AvgIpc) is 3.39. The molecule has 2 N–H and O–H groups in total. The maximum atomic E-state index is 6.88. The van der Waals surface area contributed by atoms with E-state index in [0.717, 1.165) is 53.9 Å². The highest BCUT2D eigenvalue weighted by Crippen LogP contribution is 2.70. The van der Waals surface area contributed by atoms with Crippen molar-refractivity contribution in [2.45, 2.75) is 63.0 Å². The van der Waals surface area contributed by atoms with Gasteiger partial charge in [-0.2, -0.15) is 0 Å². The van der Waals surface area contributed by atoms with Gasteiger partial charge in [-0.3, -0.25) is 0 Å². The van der Waals surface area contributed by atoms with E-state index in [1.165, 1.54) is 19.3 Å². The van der Waals surface area contributed by atoms with Gasteiger partial charge in [-0.25, -0.2) is 4.99 Å². The minimum atomic E-state index is -0.463. The van der Waals surface area contributed by atoms with Gasteiger partial charge in [0.1, 0.15) is 29.2 Å². The Labute approximate surface area is 183 Å². The van der Waals surface area contributed by atoms with Crippen LogP contribution in [0.2, 0.25) is 0 Å². The number of nitrogens with two attached hydrogens (primary N) is 1. The van der Waals surface area contributed by atoms with Gasteiger partial charge < -0.3 is 19.9 Å². The van der Waals surface area contributed by atoms with Crippen LogP contribution in [0.4, 0.5) is 0 Å². The lowest BCUT2D eigenvalue weighted by molar-refractivity contribution is -0.172. The van der Waals surface area contributed by atoms with Crippen molar-refractivity contribution in [3.63, 3.8) is 0 Å². The molecule has 0 aromatic heterocycles. The van der Waals surface area contributed by atoms with Crippen LogP contribution in [0.15, 0.2) is 47.5 Å². The number of fused-ring (bicyclic) bond motifs is 4. The molecule has 0 bridgehead atoms. The summed E-state index contributed by atoms with van der Waals surface area (Å²) in [6.45, 7) is 3.17. The highest BCUT2D eigenvalue weighted by molar-refractivity contribution is 5.76. The number of hydrogen-bond donors (Lipinski definition) is 1. The highest BCUT2D eigenvalue weighted by Gasteiger charge is 2.72. The number of rotatable bonds is 3. The Morgan fingerprint density at radius 1 is 1.00 bits per heavy atom. The van der Waals surface area contributed by atoms with Gasteiger partial charge in [0.05, 0.1) is 6.61 Å². The third kappa shape index (κ3) is 2.46. The fraction of sp³-hybridized carbons (Fsp3) is 0.500. The Hall–Kier alpha value is -2.69. The first-order valence-electron chi connectivity index (χ1n) is 11.7. The predicted molar refractivity (Wildman–Crippen MR) is 120 cm³/mol. The molecule has 2 heterocycles. The van der Waals surface area contributed by atoms with Gasteiger partial charge in [-0.1, -0.05) is 31.0 Å². The van der Waals surface area contributed by atoms with Crippen LogP contribution in [0.5, 0.6) is 11.5 Å². The molecule has 0 saturated heterocycles. The SMILES string of the molecule is CCOc1cccc(-c2ccc3c(c2)C2(COC(N)=N2)C2(CCCC2)C2(CCC2)O3)c1. The molecule has 4 aliphatic rings. The van der Waals surface area contributed by atoms with E-state index in [-0.39, 0.29) is 11.0 Å². The predicted octanol–water partition coefficient (Wildman–Crippen LogP) is 5.17. The molecule has 0 amide bonds. The minimum absolute atomic E-state index is 0.0435. The monoisotopic (exact) mass is 418 g/mol. The third-order valence-corrected chi connectivity index (χ3v) is 8.22. The molecule has 1 atom stereocenters. The van der Waals surface area contributed by atoms with E-state index < -0.39 is 5.54 Å². The number of benzene rings is 2. The van der Waals surface area contributed by atoms with E-state index in [9.17, 15) is 0 Å². The second-order valence-electron chi connectivity index (χ2n) is 9.51. The summed E-state index contributed by atoms with van der Waals surface area (Å²) in [5, 5.41) is 0. The molecule has 2 aliphatic heterocycles. The molecule has 0 radical (unpaired) electrons. The van der Waals surface area contributed by atoms with Gasteiger partial charge >= 0.3 is 0 Å². The summed E-state index contributed by atoms with van der Waals surface area (Å²) in [7, 11) is 0. The first kappa shape index (κ1) is 19.0. The first-order chi connectivity index (χ1) is 15.1. The van der Waals surface area contributed by atoms with Crippen molar-refractivity contribution in [1.82, 2.24) is 0 Å². The lowest BCUT2D eigenvalue weighted by atomic mass is 9.49. The Bertz CT molecular complexity index is 1050. The molecular weight excluding hydrogens is 388 g/mol. The Kier molecular flexibility index (Phi) is 4.08. The Morgan fingerprint density at radius 3 is 2.48 bits per heavy atom. The third-order valence-electron chi connectivity index (χ3n) is 8.22. The van der Waals surface area contributed by atoms with Crippen molar-refractivity contribution in [3.05, 3.63) is 48.0 Å². The van der Waals surface area contributed by atoms with Crippen molar-refractivity contribution in [3.8, 4) is 22.6 Å². The Morgan fingerprint density at radius 2 is 1.81 bits per heavy atom. The number of aliphatic imine (C=N–C) groups is 1. The smallest absolute Gasteiger partial charge is 0.283 e. The van der Waals surface area contributed by atoms with E-state index in [0.29, 0.717) is 19.2 Å². The minimum Gasteiger partial charge on any atom is -0.494 e. The molecular formula is C26H30N2O3. The summed E-state index contributed by atoms with van der Waals surface area (Å²) in [4.78, 5) is 5.08. The molecule has 2 aromatic rings. The second-order valence-corrected chi connectivity index (χ2v) is 9.51. The van der Waals surface area contributed by atoms with Crippen LogP contribution in [-0.4, -0.2) is 24.8 Å². The summed E-state index contributed by atoms with van der Waals surface area (Å²) in [6, 6.07) is 15.1. The molecule has 162 valence electrons. The fourth-order valence-electron chi connectivity index (χ4n) is 6.74. The number of ether oxygens (including phenoxy) is 3. The topological polar surface area (TPSA) is 66.1 Å². The molecule has 1 unspecified atom stereocenters. The van der Waals surface area contributed by atoms with Crippen LogP contribution in [0.1, 0.15) is 57.4 Å². The lowest BCUT2D eigenvalue weighted by Crippen LogP contribution is -2.67. The van der Waals surface area contributed by atoms with E-state index in [2.05, 4.69) is 30.3 Å². The van der Waals surface area contributed by atoms with Crippen molar-refractivity contribution >= 4 is 6.02 Å². The standard InChI is InChI=1S/C26H30N2O3/c1-2-29-20-8-5-7-18(15-20)19-9-10-22-21(16-19)26(17-30-23(27)28-26)24(11-3-4-12-24)25(31-22)13-6-14-25/h5,7-10,15-16H,2-4,6,11-14,17H2,1H3,(H2,27,28). The largest absolute Gasteiger partial charge is 0.494 e. The summed E-state index contributed by atoms with van der Waals surface area (Å²) in [5.74, 6) is 1.83. The summed E-state index contributed by atoms with van der Waals surface area (Å²) < 4.78 is 18.5. The van der Waals surface area contributed by atoms with E-state index in [1.807, 2.05) is 19.1 Å². The van der Waals surface area contributed by atoms with Crippen LogP contribution in [-0.2, 0) is 10.3 Å². The summed E-state index contributed by atoms with van der Waals surface area (Å²) in [6.07, 6.45) is 8.09. The number of amidine groups is 1. The zero-order valence-corrected chi connectivity index (χ0v) is 18.2. The van der Waals surface area contributed by atoms with Gasteiger partial charge in [-0.05, 0) is 74.4 Å². The molecule has 2 aliphatic carbocycles. The first-order valence-corrected chi connectivity index (χ1v) is 11.7. The van der Waals surface area contributed by atoms with Crippen molar-refractivity contribution in [1.29, 1.82) is 0 Å². The average molecular weight is 419 g/mol. The number of hydrogen-bond acceptors (Lipinski definition) is 5. The highest BCUT2D eigenvalue weighted by atomic mass is 16.5. The van der Waals surface area contributed by atoms with E-state index in [1.54, 1.807) is 0 Å². The van der Waals surface area contributed by atoms with Gasteiger partial charge in [-0.15, -0.1) is 0 Å². The lowest BCUT2D eigenvalue weighted by Gasteiger charge is -2.62. The van der Waals surface area contributed by atoms with Gasteiger partial charge in [0.25, 0.3) is 6.02 Å². The second kappa shape index (κ2) is 6.65. The molecule has 6 rings (SSSR count). The van der Waals surface area contributed by atoms with Gasteiger partial charge in [0.2, 0.25) is 0 Å². The molecule has 2 fully saturated rings. The maximum Gasteiger partial charge on any atom is 0.283 e. The number of nitrogens with zero attached hydrogens (tertiary/aromatic N) is 1. The van der Waals surface area contributed by atoms with Crippen molar-refractivity contribution in [2.75, 3.05) is 13.2 Å².